The first-order valence-corrected chi connectivity index (χ1v) is 11.3. The van der Waals surface area contributed by atoms with Crippen molar-refractivity contribution in [3.05, 3.63) is 65.7 Å². The summed E-state index contributed by atoms with van der Waals surface area (Å²) in [5.74, 6) is 0.125. The van der Waals surface area contributed by atoms with Crippen molar-refractivity contribution in [2.24, 2.45) is 0 Å². The monoisotopic (exact) mass is 436 g/mol. The van der Waals surface area contributed by atoms with Gasteiger partial charge in [0.2, 0.25) is 15.9 Å². The van der Waals surface area contributed by atoms with E-state index in [9.17, 15) is 13.2 Å². The van der Waals surface area contributed by atoms with Crippen LogP contribution in [-0.2, 0) is 14.8 Å². The van der Waals surface area contributed by atoms with E-state index in [2.05, 4.69) is 11.9 Å². The average molecular weight is 437 g/mol. The van der Waals surface area contributed by atoms with Crippen LogP contribution in [0.1, 0.15) is 18.9 Å². The molecule has 0 fully saturated rings. The van der Waals surface area contributed by atoms with Gasteiger partial charge in [0.05, 0.1) is 11.9 Å². The van der Waals surface area contributed by atoms with Crippen molar-refractivity contribution < 1.29 is 17.9 Å². The summed E-state index contributed by atoms with van der Waals surface area (Å²) in [7, 11) is -3.75. The van der Waals surface area contributed by atoms with Gasteiger partial charge in [0.25, 0.3) is 0 Å². The van der Waals surface area contributed by atoms with Gasteiger partial charge in [-0.3, -0.25) is 9.10 Å². The third-order valence-electron chi connectivity index (χ3n) is 4.21. The zero-order valence-corrected chi connectivity index (χ0v) is 18.3. The number of hydrogen-bond donors (Lipinski definition) is 1. The summed E-state index contributed by atoms with van der Waals surface area (Å²) in [6.07, 6.45) is 2.97. The van der Waals surface area contributed by atoms with Gasteiger partial charge in [0.15, 0.2) is 0 Å². The number of halogens is 1. The van der Waals surface area contributed by atoms with Crippen molar-refractivity contribution in [2.75, 3.05) is 22.5 Å². The Kier molecular flexibility index (Phi) is 7.70. The van der Waals surface area contributed by atoms with E-state index in [1.165, 1.54) is 0 Å². The van der Waals surface area contributed by atoms with E-state index >= 15 is 0 Å². The molecule has 0 radical (unpaired) electrons. The number of nitrogens with one attached hydrogen (secondary N) is 1. The minimum Gasteiger partial charge on any atom is -0.489 e. The number of nitrogens with zero attached hydrogens (tertiary/aromatic N) is 1. The van der Waals surface area contributed by atoms with Crippen molar-refractivity contribution in [3.63, 3.8) is 0 Å². The maximum atomic E-state index is 13.0. The molecule has 0 aliphatic carbocycles. The highest BCUT2D eigenvalue weighted by Gasteiger charge is 2.32. The van der Waals surface area contributed by atoms with Crippen LogP contribution in [-0.4, -0.2) is 33.2 Å². The summed E-state index contributed by atoms with van der Waals surface area (Å²) < 4.78 is 31.8. The minimum absolute atomic E-state index is 0.275. The molecule has 0 bridgehead atoms. The van der Waals surface area contributed by atoms with Gasteiger partial charge in [-0.1, -0.05) is 43.3 Å². The van der Waals surface area contributed by atoms with Crippen LogP contribution in [0, 0.1) is 6.92 Å². The average Bonchev–Trinajstić information content (AvgIpc) is 2.65. The van der Waals surface area contributed by atoms with E-state index < -0.39 is 22.0 Å². The SMILES string of the molecule is C=CCOc1cccc(NC(=O)[C@H](CC)N(c2cc(Cl)ccc2C)S(C)(=O)=O)c1. The number of benzene rings is 2. The zero-order valence-electron chi connectivity index (χ0n) is 16.7. The van der Waals surface area contributed by atoms with Crippen LogP contribution in [0.3, 0.4) is 0 Å². The van der Waals surface area contributed by atoms with Gasteiger partial charge in [0.1, 0.15) is 18.4 Å². The molecule has 2 aromatic carbocycles. The predicted octanol–water partition coefficient (Wildman–Crippen LogP) is 4.40. The van der Waals surface area contributed by atoms with Crippen LogP contribution in [0.5, 0.6) is 5.75 Å². The summed E-state index contributed by atoms with van der Waals surface area (Å²) >= 11 is 6.08. The maximum absolute atomic E-state index is 13.0. The topological polar surface area (TPSA) is 75.7 Å². The van der Waals surface area contributed by atoms with E-state index in [1.54, 1.807) is 62.4 Å². The van der Waals surface area contributed by atoms with Gasteiger partial charge in [-0.15, -0.1) is 0 Å². The van der Waals surface area contributed by atoms with Crippen molar-refractivity contribution in [2.45, 2.75) is 26.3 Å². The van der Waals surface area contributed by atoms with Crippen molar-refractivity contribution in [3.8, 4) is 5.75 Å². The zero-order chi connectivity index (χ0) is 21.6. The molecule has 1 atom stereocenters. The number of ether oxygens (including phenoxy) is 1. The third kappa shape index (κ3) is 5.98. The second kappa shape index (κ2) is 9.80. The largest absolute Gasteiger partial charge is 0.489 e. The summed E-state index contributed by atoms with van der Waals surface area (Å²) in [5.41, 5.74) is 1.59. The third-order valence-corrected chi connectivity index (χ3v) is 5.61. The summed E-state index contributed by atoms with van der Waals surface area (Å²) in [6, 6.07) is 10.9. The molecule has 2 rings (SSSR count). The Morgan fingerprint density at radius 3 is 2.66 bits per heavy atom. The van der Waals surface area contributed by atoms with Crippen molar-refractivity contribution in [1.82, 2.24) is 0 Å². The second-order valence-electron chi connectivity index (χ2n) is 6.53. The van der Waals surface area contributed by atoms with Crippen LogP contribution in [0.2, 0.25) is 5.02 Å². The first-order valence-electron chi connectivity index (χ1n) is 9.07. The molecule has 0 aromatic heterocycles. The first-order chi connectivity index (χ1) is 13.7. The van der Waals surface area contributed by atoms with Gasteiger partial charge in [0, 0.05) is 16.8 Å². The number of aryl methyl sites for hydroxylation is 1. The molecule has 6 nitrogen and oxygen atoms in total. The standard InChI is InChI=1S/C21H25ClN2O4S/c1-5-12-28-18-9-7-8-17(14-18)23-21(25)19(6-2)24(29(4,26)27)20-13-16(22)11-10-15(20)3/h5,7-11,13-14,19H,1,6,12H2,2-4H3,(H,23,25)/t19-/m0/s1. The highest BCUT2D eigenvalue weighted by atomic mass is 35.5. The van der Waals surface area contributed by atoms with E-state index in [4.69, 9.17) is 16.3 Å². The van der Waals surface area contributed by atoms with Crippen LogP contribution in [0.4, 0.5) is 11.4 Å². The number of sulfonamides is 1. The fourth-order valence-electron chi connectivity index (χ4n) is 2.90. The number of hydrogen-bond acceptors (Lipinski definition) is 4. The highest BCUT2D eigenvalue weighted by Crippen LogP contribution is 2.29. The van der Waals surface area contributed by atoms with Gasteiger partial charge < -0.3 is 10.1 Å². The molecule has 1 amide bonds. The predicted molar refractivity (Wildman–Crippen MR) is 118 cm³/mol. The van der Waals surface area contributed by atoms with Crippen molar-refractivity contribution in [1.29, 1.82) is 0 Å². The minimum atomic E-state index is -3.75. The Labute approximate surface area is 177 Å². The lowest BCUT2D eigenvalue weighted by Gasteiger charge is -2.31. The fourth-order valence-corrected chi connectivity index (χ4v) is 4.33. The lowest BCUT2D eigenvalue weighted by molar-refractivity contribution is -0.117. The van der Waals surface area contributed by atoms with Gasteiger partial charge in [-0.2, -0.15) is 0 Å². The van der Waals surface area contributed by atoms with E-state index in [-0.39, 0.29) is 6.42 Å². The molecule has 1 N–H and O–H groups in total. The molecule has 8 heteroatoms. The van der Waals surface area contributed by atoms with E-state index in [1.807, 2.05) is 0 Å². The summed E-state index contributed by atoms with van der Waals surface area (Å²) in [4.78, 5) is 13.0. The molecular weight excluding hydrogens is 412 g/mol. The Morgan fingerprint density at radius 1 is 1.31 bits per heavy atom. The maximum Gasteiger partial charge on any atom is 0.248 e. The molecule has 0 saturated heterocycles. The number of carbonyl (C=O) groups excluding carboxylic acids is 1. The Hall–Kier alpha value is -2.51. The molecule has 0 unspecified atom stereocenters. The number of anilines is 2. The normalized spacial score (nSPS) is 12.1. The summed E-state index contributed by atoms with van der Waals surface area (Å²) in [6.45, 7) is 7.47. The Balaban J connectivity index is 2.36. The number of amides is 1. The summed E-state index contributed by atoms with van der Waals surface area (Å²) in [5, 5.41) is 3.17. The molecular formula is C21H25ClN2O4S. The fraction of sp³-hybridized carbons (Fsp3) is 0.286. The van der Waals surface area contributed by atoms with Gasteiger partial charge >= 0.3 is 0 Å². The lowest BCUT2D eigenvalue weighted by Crippen LogP contribution is -2.47. The van der Waals surface area contributed by atoms with Gasteiger partial charge in [-0.25, -0.2) is 8.42 Å². The lowest BCUT2D eigenvalue weighted by atomic mass is 10.1. The van der Waals surface area contributed by atoms with E-state index in [0.29, 0.717) is 34.3 Å². The highest BCUT2D eigenvalue weighted by molar-refractivity contribution is 7.92. The molecule has 0 spiro atoms. The second-order valence-corrected chi connectivity index (χ2v) is 8.83. The molecule has 0 aliphatic heterocycles. The van der Waals surface area contributed by atoms with Gasteiger partial charge in [-0.05, 0) is 43.2 Å². The van der Waals surface area contributed by atoms with Crippen molar-refractivity contribution >= 4 is 38.9 Å². The smallest absolute Gasteiger partial charge is 0.248 e. The van der Waals surface area contributed by atoms with Crippen LogP contribution >= 0.6 is 11.6 Å². The molecule has 0 heterocycles. The Morgan fingerprint density at radius 2 is 2.03 bits per heavy atom. The molecule has 0 aliphatic rings. The molecule has 156 valence electrons. The quantitative estimate of drug-likeness (QED) is 0.591. The van der Waals surface area contributed by atoms with Crippen LogP contribution in [0.15, 0.2) is 55.1 Å². The first kappa shape index (κ1) is 22.8. The number of rotatable bonds is 9. The molecule has 0 saturated carbocycles. The Bertz CT molecular complexity index is 992. The molecule has 29 heavy (non-hydrogen) atoms. The molecule has 2 aromatic rings. The van der Waals surface area contributed by atoms with E-state index in [0.717, 1.165) is 10.6 Å². The van der Waals surface area contributed by atoms with Crippen LogP contribution < -0.4 is 14.4 Å². The van der Waals surface area contributed by atoms with Crippen LogP contribution in [0.25, 0.3) is 0 Å². The number of carbonyl (C=O) groups is 1.